The van der Waals surface area contributed by atoms with Crippen molar-refractivity contribution in [3.05, 3.63) is 29.5 Å². The summed E-state index contributed by atoms with van der Waals surface area (Å²) in [6.45, 7) is 2.77. The Morgan fingerprint density at radius 3 is 2.50 bits per heavy atom. The van der Waals surface area contributed by atoms with Crippen molar-refractivity contribution in [2.75, 3.05) is 38.5 Å². The quantitative estimate of drug-likeness (QED) is 0.422. The van der Waals surface area contributed by atoms with E-state index in [9.17, 15) is 23.1 Å². The van der Waals surface area contributed by atoms with Gasteiger partial charge in [0.2, 0.25) is 21.8 Å². The molecule has 2 aromatic rings. The summed E-state index contributed by atoms with van der Waals surface area (Å²) in [7, 11) is -1.62. The average Bonchev–Trinajstić information content (AvgIpc) is 3.20. The summed E-state index contributed by atoms with van der Waals surface area (Å²) in [5.74, 6) is -0.847. The molecule has 0 spiro atoms. The summed E-state index contributed by atoms with van der Waals surface area (Å²) in [4.78, 5) is 26.1. The summed E-state index contributed by atoms with van der Waals surface area (Å²) in [6, 6.07) is 6.33. The number of piperidine rings is 3. The molecule has 0 radical (unpaired) electrons. The molecule has 3 saturated heterocycles. The number of nitrogens with one attached hydrogen (secondary N) is 1. The van der Waals surface area contributed by atoms with Gasteiger partial charge in [0.05, 0.1) is 29.0 Å². The van der Waals surface area contributed by atoms with Crippen LogP contribution in [-0.2, 0) is 26.7 Å². The predicted octanol–water partition coefficient (Wildman–Crippen LogP) is 0.387. The minimum atomic E-state index is -3.50. The number of nitrogens with zero attached hydrogens (tertiary/aromatic N) is 4. The van der Waals surface area contributed by atoms with Gasteiger partial charge in [0.15, 0.2) is 0 Å². The highest BCUT2D eigenvalue weighted by atomic mass is 32.2. The fraction of sp³-hybridized carbons (Fsp3) is 0.654. The molecule has 4 N–H and O–H groups in total. The second kappa shape index (κ2) is 11.0. The maximum atomic E-state index is 12.7. The number of nitrogens with two attached hydrogens (primary N) is 1. The zero-order chi connectivity index (χ0) is 27.0. The molecule has 11 nitrogen and oxygen atoms in total. The Kier molecular flexibility index (Phi) is 7.88. The van der Waals surface area contributed by atoms with Crippen LogP contribution in [0.1, 0.15) is 61.6 Å². The Hall–Kier alpha value is -2.38. The van der Waals surface area contributed by atoms with Crippen LogP contribution in [0.3, 0.4) is 0 Å². The van der Waals surface area contributed by atoms with E-state index in [-0.39, 0.29) is 23.6 Å². The number of β-amino-alcohol motifs (C(OH)–C–C–N with tert-alkyl or cyclic N) is 1. The van der Waals surface area contributed by atoms with Gasteiger partial charge in [0, 0.05) is 44.5 Å². The molecule has 3 aliphatic rings. The number of benzene rings is 1. The van der Waals surface area contributed by atoms with Crippen LogP contribution in [0.2, 0.25) is 0 Å². The lowest BCUT2D eigenvalue weighted by atomic mass is 9.87. The standard InChI is InChI=1S/C26H38N6O5S/c1-30-23-14-18(2-3-21(23)25(29-30)22-4-5-24(34)28-26(22)35)17-6-10-31(11-7-17)15-20(33)16-38(36,37)32-12-8-19(27)9-13-32/h2-3,14,17,19-20,22,33H,4-13,15-16,27H2,1H3,(H,28,34,35). The number of aliphatic hydroxyl groups excluding tert-OH is 1. The second-order valence-corrected chi connectivity index (χ2v) is 13.0. The van der Waals surface area contributed by atoms with Gasteiger partial charge in [-0.15, -0.1) is 0 Å². The molecule has 208 valence electrons. The largest absolute Gasteiger partial charge is 0.391 e. The van der Waals surface area contributed by atoms with Gasteiger partial charge in [-0.1, -0.05) is 12.1 Å². The van der Waals surface area contributed by atoms with Crippen molar-refractivity contribution in [1.82, 2.24) is 24.3 Å². The SMILES string of the molecule is Cn1nc(C2CCC(=O)NC2=O)c2ccc(C3CCN(CC(O)CS(=O)(=O)N4CCC(N)CC4)CC3)cc21. The van der Waals surface area contributed by atoms with Gasteiger partial charge in [0.25, 0.3) is 0 Å². The topological polar surface area (TPSA) is 151 Å². The van der Waals surface area contributed by atoms with Crippen molar-refractivity contribution in [3.8, 4) is 0 Å². The Labute approximate surface area is 223 Å². The van der Waals surface area contributed by atoms with E-state index >= 15 is 0 Å². The third-order valence-corrected chi connectivity index (χ3v) is 10.3. The molecular weight excluding hydrogens is 508 g/mol. The van der Waals surface area contributed by atoms with E-state index in [1.54, 1.807) is 4.68 Å². The van der Waals surface area contributed by atoms with E-state index in [2.05, 4.69) is 27.4 Å². The Balaban J connectivity index is 1.18. The molecule has 0 aliphatic carbocycles. The molecule has 2 unspecified atom stereocenters. The van der Waals surface area contributed by atoms with Crippen LogP contribution in [0.4, 0.5) is 0 Å². The molecule has 0 saturated carbocycles. The Morgan fingerprint density at radius 1 is 1.11 bits per heavy atom. The van der Waals surface area contributed by atoms with Crippen LogP contribution in [0.25, 0.3) is 10.9 Å². The first kappa shape index (κ1) is 27.2. The number of aromatic nitrogens is 2. The molecule has 4 heterocycles. The summed E-state index contributed by atoms with van der Waals surface area (Å²) in [5.41, 5.74) is 8.77. The number of hydrogen-bond acceptors (Lipinski definition) is 8. The first-order valence-electron chi connectivity index (χ1n) is 13.5. The minimum Gasteiger partial charge on any atom is -0.391 e. The van der Waals surface area contributed by atoms with Crippen LogP contribution >= 0.6 is 0 Å². The van der Waals surface area contributed by atoms with E-state index in [1.807, 2.05) is 13.1 Å². The van der Waals surface area contributed by atoms with Crippen molar-refractivity contribution in [2.45, 2.75) is 62.5 Å². The fourth-order valence-corrected chi connectivity index (χ4v) is 7.64. The number of sulfonamides is 1. The van der Waals surface area contributed by atoms with E-state index in [0.29, 0.717) is 56.9 Å². The van der Waals surface area contributed by atoms with Crippen LogP contribution in [-0.4, -0.2) is 94.9 Å². The van der Waals surface area contributed by atoms with Gasteiger partial charge in [-0.2, -0.15) is 5.10 Å². The zero-order valence-corrected chi connectivity index (χ0v) is 22.7. The lowest BCUT2D eigenvalue weighted by Crippen LogP contribution is -2.47. The first-order valence-corrected chi connectivity index (χ1v) is 15.2. The molecular formula is C26H38N6O5S. The molecule has 38 heavy (non-hydrogen) atoms. The van der Waals surface area contributed by atoms with Crippen molar-refractivity contribution in [2.24, 2.45) is 12.8 Å². The van der Waals surface area contributed by atoms with Crippen molar-refractivity contribution >= 4 is 32.7 Å². The minimum absolute atomic E-state index is 0.0543. The number of rotatable bonds is 7. The number of imide groups is 1. The number of carbonyl (C=O) groups is 2. The zero-order valence-electron chi connectivity index (χ0n) is 21.9. The number of carbonyl (C=O) groups excluding carboxylic acids is 2. The number of aliphatic hydroxyl groups is 1. The number of hydrogen-bond donors (Lipinski definition) is 3. The van der Waals surface area contributed by atoms with Gasteiger partial charge in [0.1, 0.15) is 0 Å². The lowest BCUT2D eigenvalue weighted by molar-refractivity contribution is -0.134. The number of fused-ring (bicyclic) bond motifs is 1. The highest BCUT2D eigenvalue weighted by Crippen LogP contribution is 2.34. The second-order valence-electron chi connectivity index (χ2n) is 11.0. The molecule has 0 bridgehead atoms. The first-order chi connectivity index (χ1) is 18.1. The molecule has 12 heteroatoms. The molecule has 5 rings (SSSR count). The van der Waals surface area contributed by atoms with Crippen molar-refractivity contribution in [1.29, 1.82) is 0 Å². The van der Waals surface area contributed by atoms with Crippen LogP contribution in [0, 0.1) is 0 Å². The third kappa shape index (κ3) is 5.79. The van der Waals surface area contributed by atoms with Crippen LogP contribution in [0.15, 0.2) is 18.2 Å². The lowest BCUT2D eigenvalue weighted by Gasteiger charge is -2.34. The Bertz CT molecular complexity index is 1290. The van der Waals surface area contributed by atoms with E-state index in [1.165, 1.54) is 9.87 Å². The summed E-state index contributed by atoms with van der Waals surface area (Å²) in [6.07, 6.45) is 3.00. The molecule has 2 atom stereocenters. The highest BCUT2D eigenvalue weighted by Gasteiger charge is 2.33. The van der Waals surface area contributed by atoms with Crippen molar-refractivity contribution < 1.29 is 23.1 Å². The van der Waals surface area contributed by atoms with Crippen LogP contribution in [0.5, 0.6) is 0 Å². The molecule has 1 aromatic heterocycles. The smallest absolute Gasteiger partial charge is 0.235 e. The monoisotopic (exact) mass is 546 g/mol. The fourth-order valence-electron chi connectivity index (χ4n) is 6.07. The number of amides is 2. The maximum absolute atomic E-state index is 12.7. The van der Waals surface area contributed by atoms with E-state index in [4.69, 9.17) is 5.73 Å². The third-order valence-electron chi connectivity index (χ3n) is 8.30. The molecule has 3 fully saturated rings. The van der Waals surface area contributed by atoms with Gasteiger partial charge in [-0.05, 0) is 62.7 Å². The molecule has 2 amide bonds. The van der Waals surface area contributed by atoms with E-state index in [0.717, 1.165) is 36.8 Å². The average molecular weight is 547 g/mol. The summed E-state index contributed by atoms with van der Waals surface area (Å²) >= 11 is 0. The Morgan fingerprint density at radius 2 is 1.82 bits per heavy atom. The van der Waals surface area contributed by atoms with Crippen LogP contribution < -0.4 is 11.1 Å². The number of likely N-dealkylation sites (tertiary alicyclic amines) is 1. The highest BCUT2D eigenvalue weighted by molar-refractivity contribution is 7.89. The van der Waals surface area contributed by atoms with Gasteiger partial charge < -0.3 is 15.7 Å². The maximum Gasteiger partial charge on any atom is 0.235 e. The molecule has 3 aliphatic heterocycles. The summed E-state index contributed by atoms with van der Waals surface area (Å²) in [5, 5.41) is 18.6. The molecule has 1 aromatic carbocycles. The van der Waals surface area contributed by atoms with Gasteiger partial charge in [-0.25, -0.2) is 12.7 Å². The summed E-state index contributed by atoms with van der Waals surface area (Å²) < 4.78 is 28.7. The van der Waals surface area contributed by atoms with Crippen molar-refractivity contribution in [3.63, 3.8) is 0 Å². The van der Waals surface area contributed by atoms with Gasteiger partial charge in [-0.3, -0.25) is 19.6 Å². The van der Waals surface area contributed by atoms with Gasteiger partial charge >= 0.3 is 0 Å². The normalized spacial score (nSPS) is 24.1. The van der Waals surface area contributed by atoms with E-state index < -0.39 is 22.0 Å². The predicted molar refractivity (Wildman–Crippen MR) is 143 cm³/mol. The number of aryl methyl sites for hydroxylation is 1.